The fourth-order valence-electron chi connectivity index (χ4n) is 3.17. The summed E-state index contributed by atoms with van der Waals surface area (Å²) < 4.78 is 7.99. The third-order valence-corrected chi connectivity index (χ3v) is 5.13. The number of hydrogen-bond acceptors (Lipinski definition) is 5. The molecule has 0 aromatic carbocycles. The van der Waals surface area contributed by atoms with Crippen molar-refractivity contribution in [3.05, 3.63) is 64.9 Å². The summed E-state index contributed by atoms with van der Waals surface area (Å²) in [5.41, 5.74) is 1.28. The Morgan fingerprint density at radius 1 is 1.21 bits per heavy atom. The minimum Gasteiger partial charge on any atom is -0.492 e. The standard InChI is InChI=1S/C18H20N4OS/c1-3-17(11-19-7-1)23-9-6-16-13-21(14-18-4-2-10-24-18)12-15-5-8-20-22(15)16/h1-5,7-8,10-11,16H,6,9,12-14H2/t16-/m1/s1. The summed E-state index contributed by atoms with van der Waals surface area (Å²) in [5, 5.41) is 6.66. The van der Waals surface area contributed by atoms with Gasteiger partial charge in [-0.05, 0) is 29.6 Å². The van der Waals surface area contributed by atoms with E-state index in [4.69, 9.17) is 4.74 Å². The predicted molar refractivity (Wildman–Crippen MR) is 94.0 cm³/mol. The smallest absolute Gasteiger partial charge is 0.137 e. The normalized spacial score (nSPS) is 17.6. The predicted octanol–water partition coefficient (Wildman–Crippen LogP) is 3.37. The van der Waals surface area contributed by atoms with E-state index in [-0.39, 0.29) is 0 Å². The zero-order chi connectivity index (χ0) is 16.2. The van der Waals surface area contributed by atoms with Crippen molar-refractivity contribution in [1.82, 2.24) is 19.7 Å². The van der Waals surface area contributed by atoms with Gasteiger partial charge in [0.05, 0.1) is 24.5 Å². The number of pyridine rings is 1. The van der Waals surface area contributed by atoms with Crippen molar-refractivity contribution < 1.29 is 4.74 Å². The molecule has 24 heavy (non-hydrogen) atoms. The first-order valence-corrected chi connectivity index (χ1v) is 9.06. The Balaban J connectivity index is 1.40. The van der Waals surface area contributed by atoms with Crippen LogP contribution in [-0.2, 0) is 13.1 Å². The number of aromatic nitrogens is 3. The van der Waals surface area contributed by atoms with Gasteiger partial charge < -0.3 is 4.74 Å². The van der Waals surface area contributed by atoms with Crippen LogP contribution in [0.25, 0.3) is 0 Å². The largest absolute Gasteiger partial charge is 0.492 e. The molecule has 1 atom stereocenters. The summed E-state index contributed by atoms with van der Waals surface area (Å²) in [4.78, 5) is 7.99. The van der Waals surface area contributed by atoms with E-state index < -0.39 is 0 Å². The molecule has 0 aliphatic carbocycles. The lowest BCUT2D eigenvalue weighted by molar-refractivity contribution is 0.148. The fraction of sp³-hybridized carbons (Fsp3) is 0.333. The molecule has 0 bridgehead atoms. The fourth-order valence-corrected chi connectivity index (χ4v) is 3.91. The van der Waals surface area contributed by atoms with Crippen LogP contribution in [0.5, 0.6) is 5.75 Å². The molecule has 0 N–H and O–H groups in total. The Hall–Kier alpha value is -2.18. The van der Waals surface area contributed by atoms with Crippen molar-refractivity contribution in [3.8, 4) is 5.75 Å². The highest BCUT2D eigenvalue weighted by molar-refractivity contribution is 7.09. The number of nitrogens with zero attached hydrogens (tertiary/aromatic N) is 4. The summed E-state index contributed by atoms with van der Waals surface area (Å²) in [6.07, 6.45) is 6.35. The molecule has 0 spiro atoms. The van der Waals surface area contributed by atoms with Crippen LogP contribution in [-0.4, -0.2) is 32.8 Å². The number of hydrogen-bond donors (Lipinski definition) is 0. The Kier molecular flexibility index (Phi) is 4.57. The first-order chi connectivity index (χ1) is 11.9. The molecule has 0 unspecified atom stereocenters. The number of thiophene rings is 1. The van der Waals surface area contributed by atoms with E-state index in [2.05, 4.69) is 43.2 Å². The Bertz CT molecular complexity index is 756. The van der Waals surface area contributed by atoms with Crippen LogP contribution in [0.1, 0.15) is 23.0 Å². The van der Waals surface area contributed by atoms with Crippen molar-refractivity contribution in [3.63, 3.8) is 0 Å². The third kappa shape index (κ3) is 3.49. The van der Waals surface area contributed by atoms with Gasteiger partial charge in [0, 0.05) is 43.3 Å². The minimum atomic E-state index is 0.348. The van der Waals surface area contributed by atoms with Crippen LogP contribution >= 0.6 is 11.3 Å². The van der Waals surface area contributed by atoms with Gasteiger partial charge in [0.1, 0.15) is 5.75 Å². The molecule has 0 fully saturated rings. The number of fused-ring (bicyclic) bond motifs is 1. The highest BCUT2D eigenvalue weighted by Crippen LogP contribution is 2.25. The van der Waals surface area contributed by atoms with Crippen LogP contribution in [0.2, 0.25) is 0 Å². The van der Waals surface area contributed by atoms with Crippen molar-refractivity contribution in [2.45, 2.75) is 25.6 Å². The number of rotatable bonds is 6. The van der Waals surface area contributed by atoms with Gasteiger partial charge in [0.2, 0.25) is 0 Å². The lowest BCUT2D eigenvalue weighted by Gasteiger charge is -2.33. The second kappa shape index (κ2) is 7.15. The molecular formula is C18H20N4OS. The average molecular weight is 340 g/mol. The van der Waals surface area contributed by atoms with E-state index in [9.17, 15) is 0 Å². The minimum absolute atomic E-state index is 0.348. The van der Waals surface area contributed by atoms with Crippen LogP contribution in [0.15, 0.2) is 54.3 Å². The Morgan fingerprint density at radius 3 is 3.04 bits per heavy atom. The van der Waals surface area contributed by atoms with Crippen LogP contribution in [0.4, 0.5) is 0 Å². The molecule has 0 saturated carbocycles. The lowest BCUT2D eigenvalue weighted by Crippen LogP contribution is -2.37. The first kappa shape index (κ1) is 15.4. The molecule has 1 aliphatic rings. The van der Waals surface area contributed by atoms with E-state index in [0.29, 0.717) is 12.6 Å². The maximum Gasteiger partial charge on any atom is 0.137 e. The van der Waals surface area contributed by atoms with E-state index in [1.54, 1.807) is 12.4 Å². The Labute approximate surface area is 145 Å². The SMILES string of the molecule is c1cncc(OCC[C@@H]2CN(Cc3cccs3)Cc3ccnn32)c1. The average Bonchev–Trinajstić information content (AvgIpc) is 3.27. The molecular weight excluding hydrogens is 320 g/mol. The quantitative estimate of drug-likeness (QED) is 0.690. The van der Waals surface area contributed by atoms with Gasteiger partial charge in [-0.15, -0.1) is 11.3 Å². The van der Waals surface area contributed by atoms with Crippen molar-refractivity contribution in [2.75, 3.05) is 13.2 Å². The second-order valence-electron chi connectivity index (χ2n) is 6.00. The van der Waals surface area contributed by atoms with Crippen LogP contribution in [0, 0.1) is 0 Å². The van der Waals surface area contributed by atoms with Gasteiger partial charge in [0.15, 0.2) is 0 Å². The zero-order valence-electron chi connectivity index (χ0n) is 13.4. The summed E-state index contributed by atoms with van der Waals surface area (Å²) in [7, 11) is 0. The molecule has 0 radical (unpaired) electrons. The second-order valence-corrected chi connectivity index (χ2v) is 7.03. The summed E-state index contributed by atoms with van der Waals surface area (Å²) >= 11 is 1.82. The first-order valence-electron chi connectivity index (χ1n) is 8.18. The van der Waals surface area contributed by atoms with E-state index in [1.807, 2.05) is 29.7 Å². The summed E-state index contributed by atoms with van der Waals surface area (Å²) in [6, 6.07) is 10.6. The molecule has 0 saturated heterocycles. The van der Waals surface area contributed by atoms with Crippen molar-refractivity contribution in [1.29, 1.82) is 0 Å². The van der Waals surface area contributed by atoms with Gasteiger partial charge in [-0.25, -0.2) is 0 Å². The Morgan fingerprint density at radius 2 is 2.21 bits per heavy atom. The maximum atomic E-state index is 5.82. The highest BCUT2D eigenvalue weighted by atomic mass is 32.1. The maximum absolute atomic E-state index is 5.82. The van der Waals surface area contributed by atoms with E-state index >= 15 is 0 Å². The highest BCUT2D eigenvalue weighted by Gasteiger charge is 2.25. The van der Waals surface area contributed by atoms with E-state index in [0.717, 1.165) is 31.8 Å². The van der Waals surface area contributed by atoms with Gasteiger partial charge in [-0.1, -0.05) is 6.07 Å². The van der Waals surface area contributed by atoms with Crippen molar-refractivity contribution in [2.24, 2.45) is 0 Å². The van der Waals surface area contributed by atoms with Crippen LogP contribution < -0.4 is 4.74 Å². The zero-order valence-corrected chi connectivity index (χ0v) is 14.2. The van der Waals surface area contributed by atoms with Gasteiger partial charge in [0.25, 0.3) is 0 Å². The third-order valence-electron chi connectivity index (χ3n) is 4.27. The molecule has 3 aromatic rings. The number of ether oxygens (including phenoxy) is 1. The van der Waals surface area contributed by atoms with Gasteiger partial charge >= 0.3 is 0 Å². The van der Waals surface area contributed by atoms with Crippen molar-refractivity contribution >= 4 is 11.3 Å². The van der Waals surface area contributed by atoms with Crippen LogP contribution in [0.3, 0.4) is 0 Å². The van der Waals surface area contributed by atoms with E-state index in [1.165, 1.54) is 10.6 Å². The lowest BCUT2D eigenvalue weighted by atomic mass is 10.1. The molecule has 124 valence electrons. The molecule has 4 heterocycles. The van der Waals surface area contributed by atoms with Gasteiger partial charge in [-0.2, -0.15) is 5.10 Å². The molecule has 4 rings (SSSR count). The molecule has 0 amide bonds. The van der Waals surface area contributed by atoms with Gasteiger partial charge in [-0.3, -0.25) is 14.6 Å². The molecule has 1 aliphatic heterocycles. The summed E-state index contributed by atoms with van der Waals surface area (Å²) in [5.74, 6) is 0.824. The monoisotopic (exact) mass is 340 g/mol. The molecule has 5 nitrogen and oxygen atoms in total. The molecule has 6 heteroatoms. The molecule has 3 aromatic heterocycles. The summed E-state index contributed by atoms with van der Waals surface area (Å²) in [6.45, 7) is 3.63. The topological polar surface area (TPSA) is 43.2 Å².